The normalized spacial score (nSPS) is 17.0. The second kappa shape index (κ2) is 6.30. The van der Waals surface area contributed by atoms with Gasteiger partial charge in [-0.2, -0.15) is 0 Å². The lowest BCUT2D eigenvalue weighted by Crippen LogP contribution is -2.38. The molecule has 1 heterocycles. The summed E-state index contributed by atoms with van der Waals surface area (Å²) in [6, 6.07) is 14.2. The number of carbonyl (C=O) groups excluding carboxylic acids is 2. The monoisotopic (exact) mass is 330 g/mol. The molecule has 5 nitrogen and oxygen atoms in total. The standard InChI is InChI=1S/C17H15ClN2O3/c1-23-17(22)20-10-15(21)19-14-8-7-12(18)9-13(14)16(20)11-5-3-2-4-6-11/h2-9,16H,10H2,1H3,(H,19,21). The van der Waals surface area contributed by atoms with Gasteiger partial charge in [-0.3, -0.25) is 9.69 Å². The third kappa shape index (κ3) is 3.00. The zero-order chi connectivity index (χ0) is 16.4. The predicted molar refractivity (Wildman–Crippen MR) is 87.5 cm³/mol. The molecular weight excluding hydrogens is 316 g/mol. The van der Waals surface area contributed by atoms with Crippen molar-refractivity contribution in [3.05, 3.63) is 64.7 Å². The van der Waals surface area contributed by atoms with Crippen LogP contribution >= 0.6 is 11.6 Å². The van der Waals surface area contributed by atoms with Gasteiger partial charge in [0, 0.05) is 16.3 Å². The lowest BCUT2D eigenvalue weighted by Gasteiger charge is -2.29. The number of nitrogens with zero attached hydrogens (tertiary/aromatic N) is 1. The van der Waals surface area contributed by atoms with Crippen LogP contribution in [0.1, 0.15) is 17.2 Å². The molecule has 0 saturated carbocycles. The second-order valence-corrected chi connectivity index (χ2v) is 5.63. The number of amides is 2. The highest BCUT2D eigenvalue weighted by Gasteiger charge is 2.34. The fraction of sp³-hybridized carbons (Fsp3) is 0.176. The van der Waals surface area contributed by atoms with Gasteiger partial charge in [0.15, 0.2) is 0 Å². The molecule has 2 amide bonds. The number of fused-ring (bicyclic) bond motifs is 1. The van der Waals surface area contributed by atoms with Crippen LogP contribution in [-0.2, 0) is 9.53 Å². The van der Waals surface area contributed by atoms with Crippen molar-refractivity contribution in [2.24, 2.45) is 0 Å². The topological polar surface area (TPSA) is 58.6 Å². The van der Waals surface area contributed by atoms with E-state index >= 15 is 0 Å². The SMILES string of the molecule is COC(=O)N1CC(=O)Nc2ccc(Cl)cc2C1c1ccccc1. The van der Waals surface area contributed by atoms with Crippen molar-refractivity contribution in [3.63, 3.8) is 0 Å². The highest BCUT2D eigenvalue weighted by atomic mass is 35.5. The molecule has 6 heteroatoms. The largest absolute Gasteiger partial charge is 0.453 e. The van der Waals surface area contributed by atoms with Crippen molar-refractivity contribution >= 4 is 29.3 Å². The zero-order valence-corrected chi connectivity index (χ0v) is 13.2. The van der Waals surface area contributed by atoms with Crippen LogP contribution in [0.25, 0.3) is 0 Å². The average Bonchev–Trinajstić information content (AvgIpc) is 2.70. The van der Waals surface area contributed by atoms with Gasteiger partial charge in [0.1, 0.15) is 6.54 Å². The number of methoxy groups -OCH3 is 1. The van der Waals surface area contributed by atoms with E-state index in [-0.39, 0.29) is 12.5 Å². The van der Waals surface area contributed by atoms with Crippen LogP contribution in [0.15, 0.2) is 48.5 Å². The molecular formula is C17H15ClN2O3. The molecule has 1 N–H and O–H groups in total. The Morgan fingerprint density at radius 1 is 1.26 bits per heavy atom. The number of anilines is 1. The summed E-state index contributed by atoms with van der Waals surface area (Å²) < 4.78 is 4.86. The summed E-state index contributed by atoms with van der Waals surface area (Å²) >= 11 is 6.13. The first kappa shape index (κ1) is 15.4. The number of hydrogen-bond donors (Lipinski definition) is 1. The number of benzene rings is 2. The van der Waals surface area contributed by atoms with Gasteiger partial charge >= 0.3 is 6.09 Å². The fourth-order valence-electron chi connectivity index (χ4n) is 2.76. The van der Waals surface area contributed by atoms with Gasteiger partial charge in [0.25, 0.3) is 0 Å². The molecule has 0 aromatic heterocycles. The smallest absolute Gasteiger partial charge is 0.410 e. The summed E-state index contributed by atoms with van der Waals surface area (Å²) in [7, 11) is 1.30. The molecule has 1 atom stereocenters. The minimum absolute atomic E-state index is 0.0987. The minimum Gasteiger partial charge on any atom is -0.453 e. The number of carbonyl (C=O) groups is 2. The Hall–Kier alpha value is -2.53. The number of halogens is 1. The van der Waals surface area contributed by atoms with Crippen molar-refractivity contribution in [1.29, 1.82) is 0 Å². The summed E-state index contributed by atoms with van der Waals surface area (Å²) in [5, 5.41) is 3.34. The number of ether oxygens (including phenoxy) is 1. The molecule has 1 unspecified atom stereocenters. The van der Waals surface area contributed by atoms with Crippen LogP contribution in [-0.4, -0.2) is 30.6 Å². The Balaban J connectivity index is 2.21. The van der Waals surface area contributed by atoms with Crippen molar-refractivity contribution in [3.8, 4) is 0 Å². The van der Waals surface area contributed by atoms with Crippen LogP contribution in [0.3, 0.4) is 0 Å². The lowest BCUT2D eigenvalue weighted by atomic mass is 9.96. The quantitative estimate of drug-likeness (QED) is 0.871. The Kier molecular flexibility index (Phi) is 4.21. The number of hydrogen-bond acceptors (Lipinski definition) is 3. The van der Waals surface area contributed by atoms with E-state index in [0.717, 1.165) is 11.1 Å². The van der Waals surface area contributed by atoms with E-state index in [2.05, 4.69) is 5.32 Å². The van der Waals surface area contributed by atoms with E-state index in [0.29, 0.717) is 10.7 Å². The van der Waals surface area contributed by atoms with Gasteiger partial charge in [-0.25, -0.2) is 4.79 Å². The van der Waals surface area contributed by atoms with E-state index in [4.69, 9.17) is 16.3 Å². The van der Waals surface area contributed by atoms with Crippen LogP contribution in [0.4, 0.5) is 10.5 Å². The summed E-state index contributed by atoms with van der Waals surface area (Å²) in [5.41, 5.74) is 2.26. The highest BCUT2D eigenvalue weighted by molar-refractivity contribution is 6.30. The molecule has 0 spiro atoms. The molecule has 0 radical (unpaired) electrons. The summed E-state index contributed by atoms with van der Waals surface area (Å²) in [5.74, 6) is -0.280. The van der Waals surface area contributed by atoms with Crippen LogP contribution < -0.4 is 5.32 Å². The third-order valence-corrected chi connectivity index (χ3v) is 3.97. The zero-order valence-electron chi connectivity index (χ0n) is 12.5. The lowest BCUT2D eigenvalue weighted by molar-refractivity contribution is -0.117. The maximum atomic E-state index is 12.2. The van der Waals surface area contributed by atoms with Gasteiger partial charge in [0.2, 0.25) is 5.91 Å². The number of rotatable bonds is 1. The first-order valence-electron chi connectivity index (χ1n) is 7.09. The fourth-order valence-corrected chi connectivity index (χ4v) is 2.94. The van der Waals surface area contributed by atoms with E-state index in [1.807, 2.05) is 30.3 Å². The maximum Gasteiger partial charge on any atom is 0.410 e. The molecule has 1 aliphatic rings. The summed E-state index contributed by atoms with van der Waals surface area (Å²) in [6.07, 6.45) is -0.568. The van der Waals surface area contributed by atoms with Gasteiger partial charge < -0.3 is 10.1 Å². The van der Waals surface area contributed by atoms with Crippen molar-refractivity contribution in [1.82, 2.24) is 4.90 Å². The minimum atomic E-state index is -0.568. The molecule has 118 valence electrons. The maximum absolute atomic E-state index is 12.2. The Bertz CT molecular complexity index is 749. The summed E-state index contributed by atoms with van der Waals surface area (Å²) in [4.78, 5) is 25.8. The van der Waals surface area contributed by atoms with Crippen molar-refractivity contribution in [2.75, 3.05) is 19.0 Å². The Labute approximate surface area is 138 Å². The van der Waals surface area contributed by atoms with Gasteiger partial charge in [-0.15, -0.1) is 0 Å². The van der Waals surface area contributed by atoms with Gasteiger partial charge in [0.05, 0.1) is 13.2 Å². The molecule has 1 aliphatic heterocycles. The molecule has 0 bridgehead atoms. The van der Waals surface area contributed by atoms with Crippen LogP contribution in [0, 0.1) is 0 Å². The van der Waals surface area contributed by atoms with E-state index < -0.39 is 12.1 Å². The van der Waals surface area contributed by atoms with E-state index in [1.165, 1.54) is 12.0 Å². The van der Waals surface area contributed by atoms with Crippen molar-refractivity contribution < 1.29 is 14.3 Å². The second-order valence-electron chi connectivity index (χ2n) is 5.19. The number of nitrogens with one attached hydrogen (secondary N) is 1. The highest BCUT2D eigenvalue weighted by Crippen LogP contribution is 2.37. The van der Waals surface area contributed by atoms with E-state index in [9.17, 15) is 9.59 Å². The Morgan fingerprint density at radius 2 is 2.00 bits per heavy atom. The van der Waals surface area contributed by atoms with E-state index in [1.54, 1.807) is 18.2 Å². The molecule has 23 heavy (non-hydrogen) atoms. The molecule has 3 rings (SSSR count). The average molecular weight is 331 g/mol. The molecule has 2 aromatic carbocycles. The summed E-state index contributed by atoms with van der Waals surface area (Å²) in [6.45, 7) is -0.0987. The Morgan fingerprint density at radius 3 is 2.70 bits per heavy atom. The predicted octanol–water partition coefficient (Wildman–Crippen LogP) is 3.45. The van der Waals surface area contributed by atoms with Gasteiger partial charge in [-0.05, 0) is 23.8 Å². The molecule has 0 saturated heterocycles. The van der Waals surface area contributed by atoms with Crippen molar-refractivity contribution in [2.45, 2.75) is 6.04 Å². The first-order chi connectivity index (χ1) is 11.1. The van der Waals surface area contributed by atoms with Gasteiger partial charge in [-0.1, -0.05) is 41.9 Å². The molecule has 0 fully saturated rings. The molecule has 0 aliphatic carbocycles. The van der Waals surface area contributed by atoms with Crippen LogP contribution in [0.5, 0.6) is 0 Å². The molecule has 2 aromatic rings. The van der Waals surface area contributed by atoms with Crippen LogP contribution in [0.2, 0.25) is 5.02 Å². The first-order valence-corrected chi connectivity index (χ1v) is 7.47. The third-order valence-electron chi connectivity index (χ3n) is 3.73.